The van der Waals surface area contributed by atoms with Crippen LogP contribution in [0, 0.1) is 0 Å². The molecule has 0 atom stereocenters. The van der Waals surface area contributed by atoms with Gasteiger partial charge in [0.2, 0.25) is 0 Å². The molecule has 0 bridgehead atoms. The predicted octanol–water partition coefficient (Wildman–Crippen LogP) is 3.45. The van der Waals surface area contributed by atoms with Crippen molar-refractivity contribution in [3.63, 3.8) is 0 Å². The van der Waals surface area contributed by atoms with Crippen molar-refractivity contribution in [3.8, 4) is 0 Å². The summed E-state index contributed by atoms with van der Waals surface area (Å²) in [7, 11) is 0. The van der Waals surface area contributed by atoms with Crippen molar-refractivity contribution in [2.75, 3.05) is 0 Å². The molecule has 16 heavy (non-hydrogen) atoms. The molecule has 2 aromatic rings. The monoisotopic (exact) mass is 338 g/mol. The van der Waals surface area contributed by atoms with Gasteiger partial charge in [0.1, 0.15) is 0 Å². The molecule has 0 nitrogen and oxygen atoms in total. The number of hydrogen-bond acceptors (Lipinski definition) is 0. The minimum atomic E-state index is 0.420. The van der Waals surface area contributed by atoms with Crippen LogP contribution in [0.3, 0.4) is 0 Å². The third kappa shape index (κ3) is 3.64. The fraction of sp³-hybridized carbons (Fsp3) is 0. The second-order valence-corrected chi connectivity index (χ2v) is 6.26. The SMILES string of the molecule is Brc1cccc(/C=C/[Se]c2ccccc2)c1. The van der Waals surface area contributed by atoms with Crippen LogP contribution in [0.15, 0.2) is 64.0 Å². The van der Waals surface area contributed by atoms with Crippen LogP contribution in [0.5, 0.6) is 0 Å². The third-order valence-electron chi connectivity index (χ3n) is 2.06. The summed E-state index contributed by atoms with van der Waals surface area (Å²) in [6, 6.07) is 18.9. The second-order valence-electron chi connectivity index (χ2n) is 3.29. The fourth-order valence-corrected chi connectivity index (χ4v) is 3.18. The first kappa shape index (κ1) is 11.7. The van der Waals surface area contributed by atoms with Crippen LogP contribution in [0.1, 0.15) is 5.56 Å². The van der Waals surface area contributed by atoms with E-state index >= 15 is 0 Å². The molecule has 0 aliphatic rings. The molecule has 0 radical (unpaired) electrons. The maximum atomic E-state index is 3.47. The zero-order valence-corrected chi connectivity index (χ0v) is 11.9. The van der Waals surface area contributed by atoms with Gasteiger partial charge >= 0.3 is 111 Å². The third-order valence-corrected chi connectivity index (χ3v) is 4.26. The van der Waals surface area contributed by atoms with E-state index in [0.717, 1.165) is 4.47 Å². The van der Waals surface area contributed by atoms with E-state index < -0.39 is 0 Å². The molecule has 0 saturated heterocycles. The summed E-state index contributed by atoms with van der Waals surface area (Å²) in [5.74, 6) is 0. The zero-order valence-electron chi connectivity index (χ0n) is 8.64. The van der Waals surface area contributed by atoms with E-state index in [-0.39, 0.29) is 0 Å². The first-order valence-corrected chi connectivity index (χ1v) is 7.62. The maximum absolute atomic E-state index is 3.47. The summed E-state index contributed by atoms with van der Waals surface area (Å²) in [5.41, 5.74) is 1.24. The summed E-state index contributed by atoms with van der Waals surface area (Å²) in [6.07, 6.45) is 2.18. The van der Waals surface area contributed by atoms with Gasteiger partial charge in [-0.3, -0.25) is 0 Å². The van der Waals surface area contributed by atoms with Crippen molar-refractivity contribution >= 4 is 41.4 Å². The van der Waals surface area contributed by atoms with Crippen LogP contribution in [-0.4, -0.2) is 15.0 Å². The predicted molar refractivity (Wildman–Crippen MR) is 75.0 cm³/mol. The van der Waals surface area contributed by atoms with Crippen molar-refractivity contribution in [1.29, 1.82) is 0 Å². The van der Waals surface area contributed by atoms with Gasteiger partial charge in [-0.15, -0.1) is 0 Å². The van der Waals surface area contributed by atoms with Gasteiger partial charge in [-0.25, -0.2) is 0 Å². The standard InChI is InChI=1S/C14H11BrSe/c15-13-6-4-5-12(11-13)9-10-16-14-7-2-1-3-8-14/h1-11H/b10-9+. The molecule has 0 heterocycles. The van der Waals surface area contributed by atoms with E-state index in [4.69, 9.17) is 0 Å². The van der Waals surface area contributed by atoms with E-state index in [0.29, 0.717) is 15.0 Å². The van der Waals surface area contributed by atoms with Crippen LogP contribution in [0.2, 0.25) is 0 Å². The van der Waals surface area contributed by atoms with E-state index in [1.165, 1.54) is 10.0 Å². The van der Waals surface area contributed by atoms with Crippen molar-refractivity contribution < 1.29 is 0 Å². The molecule has 80 valence electrons. The van der Waals surface area contributed by atoms with Crippen LogP contribution >= 0.6 is 15.9 Å². The molecule has 2 heteroatoms. The van der Waals surface area contributed by atoms with Gasteiger partial charge < -0.3 is 0 Å². The Morgan fingerprint density at radius 3 is 2.50 bits per heavy atom. The van der Waals surface area contributed by atoms with Crippen LogP contribution in [0.25, 0.3) is 6.08 Å². The Balaban J connectivity index is 2.00. The van der Waals surface area contributed by atoms with Gasteiger partial charge in [-0.1, -0.05) is 0 Å². The van der Waals surface area contributed by atoms with Gasteiger partial charge in [-0.05, 0) is 0 Å². The average molecular weight is 338 g/mol. The molecule has 0 fully saturated rings. The fourth-order valence-electron chi connectivity index (χ4n) is 1.30. The van der Waals surface area contributed by atoms with E-state index in [1.54, 1.807) is 0 Å². The van der Waals surface area contributed by atoms with Crippen molar-refractivity contribution in [2.45, 2.75) is 0 Å². The van der Waals surface area contributed by atoms with Gasteiger partial charge in [-0.2, -0.15) is 0 Å². The Bertz CT molecular complexity index is 477. The summed E-state index contributed by atoms with van der Waals surface area (Å²) >= 11 is 3.89. The Hall–Kier alpha value is -0.821. The molecule has 0 aliphatic carbocycles. The first-order chi connectivity index (χ1) is 7.84. The Morgan fingerprint density at radius 1 is 0.938 bits per heavy atom. The second kappa shape index (κ2) is 6.05. The van der Waals surface area contributed by atoms with Gasteiger partial charge in [0.15, 0.2) is 0 Å². The quantitative estimate of drug-likeness (QED) is 0.752. The van der Waals surface area contributed by atoms with Crippen LogP contribution in [0.4, 0.5) is 0 Å². The summed E-state index contributed by atoms with van der Waals surface area (Å²) in [6.45, 7) is 0. The van der Waals surface area contributed by atoms with E-state index in [1.807, 2.05) is 6.07 Å². The first-order valence-electron chi connectivity index (χ1n) is 4.98. The minimum absolute atomic E-state index is 0.420. The van der Waals surface area contributed by atoms with Gasteiger partial charge in [0, 0.05) is 0 Å². The topological polar surface area (TPSA) is 0 Å². The Morgan fingerprint density at radius 2 is 1.75 bits per heavy atom. The van der Waals surface area contributed by atoms with Crippen molar-refractivity contribution in [3.05, 3.63) is 69.6 Å². The summed E-state index contributed by atoms with van der Waals surface area (Å²) < 4.78 is 2.53. The van der Waals surface area contributed by atoms with Crippen LogP contribution < -0.4 is 4.46 Å². The van der Waals surface area contributed by atoms with Gasteiger partial charge in [0.05, 0.1) is 0 Å². The van der Waals surface area contributed by atoms with Crippen molar-refractivity contribution in [2.24, 2.45) is 0 Å². The van der Waals surface area contributed by atoms with Crippen LogP contribution in [-0.2, 0) is 0 Å². The molecule has 0 N–H and O–H groups in total. The van der Waals surface area contributed by atoms with Gasteiger partial charge in [0.25, 0.3) is 0 Å². The molecule has 0 unspecified atom stereocenters. The molecular weight excluding hydrogens is 327 g/mol. The number of halogens is 1. The van der Waals surface area contributed by atoms with Crippen molar-refractivity contribution in [1.82, 2.24) is 0 Å². The number of rotatable bonds is 3. The molecular formula is C14H11BrSe. The Labute approximate surface area is 111 Å². The molecule has 0 aliphatic heterocycles. The molecule has 0 saturated carbocycles. The van der Waals surface area contributed by atoms with E-state index in [9.17, 15) is 0 Å². The molecule has 0 aromatic heterocycles. The zero-order chi connectivity index (χ0) is 11.2. The Kier molecular flexibility index (Phi) is 4.41. The summed E-state index contributed by atoms with van der Waals surface area (Å²) in [4.78, 5) is 2.25. The number of benzene rings is 2. The van der Waals surface area contributed by atoms with E-state index in [2.05, 4.69) is 75.5 Å². The molecule has 0 amide bonds. The number of hydrogen-bond donors (Lipinski definition) is 0. The molecule has 2 rings (SSSR count). The molecule has 2 aromatic carbocycles. The average Bonchev–Trinajstić information content (AvgIpc) is 2.30. The molecule has 0 spiro atoms. The normalized spacial score (nSPS) is 10.8. The summed E-state index contributed by atoms with van der Waals surface area (Å²) in [5, 5.41) is 0.